The lowest BCUT2D eigenvalue weighted by Crippen LogP contribution is -2.49. The van der Waals surface area contributed by atoms with E-state index in [9.17, 15) is 31.5 Å². The van der Waals surface area contributed by atoms with E-state index in [1.807, 2.05) is 0 Å². The summed E-state index contributed by atoms with van der Waals surface area (Å²) in [5.74, 6) is -1.40. The maximum Gasteiger partial charge on any atom is 0.416 e. The zero-order valence-corrected chi connectivity index (χ0v) is 14.1. The van der Waals surface area contributed by atoms with Crippen LogP contribution in [-0.4, -0.2) is 43.1 Å². The lowest BCUT2D eigenvalue weighted by atomic mass is 10.1. The van der Waals surface area contributed by atoms with Gasteiger partial charge >= 0.3 is 6.18 Å². The first-order valence-corrected chi connectivity index (χ1v) is 9.06. The molecule has 1 aromatic rings. The molecule has 0 aromatic heterocycles. The van der Waals surface area contributed by atoms with Crippen LogP contribution in [0.1, 0.15) is 25.3 Å². The van der Waals surface area contributed by atoms with E-state index in [-0.39, 0.29) is 24.9 Å². The second-order valence-electron chi connectivity index (χ2n) is 5.74. The van der Waals surface area contributed by atoms with Crippen molar-refractivity contribution in [3.05, 3.63) is 29.8 Å². The summed E-state index contributed by atoms with van der Waals surface area (Å²) in [5.41, 5.74) is -0.781. The highest BCUT2D eigenvalue weighted by Crippen LogP contribution is 2.31. The van der Waals surface area contributed by atoms with Crippen LogP contribution in [0, 0.1) is 0 Å². The van der Waals surface area contributed by atoms with Gasteiger partial charge in [-0.1, -0.05) is 0 Å². The average molecular weight is 380 g/mol. The largest absolute Gasteiger partial charge is 0.549 e. The van der Waals surface area contributed by atoms with Crippen LogP contribution in [0.25, 0.3) is 0 Å². The fourth-order valence-corrected chi connectivity index (χ4v) is 3.87. The van der Waals surface area contributed by atoms with Crippen molar-refractivity contribution in [2.75, 3.05) is 13.1 Å². The zero-order chi connectivity index (χ0) is 18.8. The molecule has 1 aliphatic heterocycles. The highest BCUT2D eigenvalue weighted by molar-refractivity contribution is 7.90. The topological polar surface area (TPSA) is 86.7 Å². The highest BCUT2D eigenvalue weighted by atomic mass is 32.2. The number of ether oxygens (including phenoxy) is 1. The minimum absolute atomic E-state index is 0.0747. The third-order valence-corrected chi connectivity index (χ3v) is 6.19. The summed E-state index contributed by atoms with van der Waals surface area (Å²) >= 11 is 0. The molecule has 0 N–H and O–H groups in total. The maximum atomic E-state index is 12.5. The standard InChI is InChI=1S/C15H18F3NO5S/c1-10(14(20)21)25(22,23)19-8-6-13(7-9-19)24-12-4-2-11(3-5-12)15(16,17)18/h2-5,10,13H,6-9H2,1H3,(H,20,21)/p-1. The monoisotopic (exact) mass is 380 g/mol. The molecule has 140 valence electrons. The third-order valence-electron chi connectivity index (χ3n) is 4.02. The van der Waals surface area contributed by atoms with Gasteiger partial charge in [0.2, 0.25) is 10.0 Å². The Morgan fingerprint density at radius 3 is 2.20 bits per heavy atom. The molecule has 0 saturated carbocycles. The summed E-state index contributed by atoms with van der Waals surface area (Å²) in [6.07, 6.45) is -4.17. The Morgan fingerprint density at radius 2 is 1.76 bits per heavy atom. The molecule has 10 heteroatoms. The first-order valence-electron chi connectivity index (χ1n) is 7.55. The summed E-state index contributed by atoms with van der Waals surface area (Å²) < 4.78 is 68.3. The van der Waals surface area contributed by atoms with Crippen LogP contribution in [0.5, 0.6) is 5.75 Å². The predicted octanol–water partition coefficient (Wildman–Crippen LogP) is 1.02. The van der Waals surface area contributed by atoms with E-state index in [2.05, 4.69) is 0 Å². The number of hydrogen-bond donors (Lipinski definition) is 0. The highest BCUT2D eigenvalue weighted by Gasteiger charge is 2.34. The Kier molecular flexibility index (Phi) is 5.62. The van der Waals surface area contributed by atoms with Gasteiger partial charge in [-0.3, -0.25) is 0 Å². The smallest absolute Gasteiger partial charge is 0.416 e. The number of aliphatic carboxylic acids is 1. The number of halogens is 3. The predicted molar refractivity (Wildman–Crippen MR) is 80.1 cm³/mol. The van der Waals surface area contributed by atoms with Gasteiger partial charge in [-0.2, -0.15) is 13.2 Å². The zero-order valence-electron chi connectivity index (χ0n) is 13.3. The Morgan fingerprint density at radius 1 is 1.24 bits per heavy atom. The Balaban J connectivity index is 1.94. The van der Waals surface area contributed by atoms with Gasteiger partial charge in [0.1, 0.15) is 17.1 Å². The van der Waals surface area contributed by atoms with Crippen LogP contribution in [0.15, 0.2) is 24.3 Å². The van der Waals surface area contributed by atoms with Crippen molar-refractivity contribution in [1.82, 2.24) is 4.31 Å². The van der Waals surface area contributed by atoms with Crippen LogP contribution in [-0.2, 0) is 21.0 Å². The van der Waals surface area contributed by atoms with Crippen molar-refractivity contribution in [3.63, 3.8) is 0 Å². The number of rotatable bonds is 5. The van der Waals surface area contributed by atoms with Gasteiger partial charge < -0.3 is 14.6 Å². The summed E-state index contributed by atoms with van der Waals surface area (Å²) in [4.78, 5) is 10.8. The van der Waals surface area contributed by atoms with E-state index in [1.54, 1.807) is 0 Å². The Bertz CT molecular complexity index is 710. The minimum Gasteiger partial charge on any atom is -0.549 e. The first kappa shape index (κ1) is 19.5. The van der Waals surface area contributed by atoms with Crippen molar-refractivity contribution in [1.29, 1.82) is 0 Å². The van der Waals surface area contributed by atoms with Crippen molar-refractivity contribution in [3.8, 4) is 5.75 Å². The van der Waals surface area contributed by atoms with Crippen molar-refractivity contribution >= 4 is 16.0 Å². The van der Waals surface area contributed by atoms with Gasteiger partial charge in [-0.05, 0) is 44.0 Å². The molecule has 25 heavy (non-hydrogen) atoms. The molecular weight excluding hydrogens is 363 g/mol. The van der Waals surface area contributed by atoms with E-state index in [4.69, 9.17) is 4.74 Å². The van der Waals surface area contributed by atoms with Gasteiger partial charge in [0.25, 0.3) is 0 Å². The van der Waals surface area contributed by atoms with E-state index in [0.29, 0.717) is 12.8 Å². The van der Waals surface area contributed by atoms with E-state index >= 15 is 0 Å². The van der Waals surface area contributed by atoms with Gasteiger partial charge in [0.05, 0.1) is 11.5 Å². The average Bonchev–Trinajstić information content (AvgIpc) is 2.54. The molecule has 0 bridgehead atoms. The van der Waals surface area contributed by atoms with Crippen LogP contribution >= 0.6 is 0 Å². The quantitative estimate of drug-likeness (QED) is 0.761. The molecule has 0 amide bonds. The fourth-order valence-electron chi connectivity index (χ4n) is 2.46. The number of benzene rings is 1. The molecule has 6 nitrogen and oxygen atoms in total. The number of carbonyl (C=O) groups excluding carboxylic acids is 1. The summed E-state index contributed by atoms with van der Waals surface area (Å²) in [5, 5.41) is 9.13. The van der Waals surface area contributed by atoms with Gasteiger partial charge in [-0.25, -0.2) is 12.7 Å². The number of carbonyl (C=O) groups is 1. The van der Waals surface area contributed by atoms with Crippen LogP contribution in [0.3, 0.4) is 0 Å². The van der Waals surface area contributed by atoms with Crippen molar-refractivity contribution in [2.45, 2.75) is 37.3 Å². The van der Waals surface area contributed by atoms with Crippen LogP contribution in [0.4, 0.5) is 13.2 Å². The molecule has 1 atom stereocenters. The Hall–Kier alpha value is -1.81. The normalized spacial score (nSPS) is 18.7. The molecule has 0 spiro atoms. The van der Waals surface area contributed by atoms with Gasteiger partial charge in [0, 0.05) is 13.1 Å². The molecular formula is C15H17F3NO5S-. The molecule has 1 aliphatic rings. The second-order valence-corrected chi connectivity index (χ2v) is 8.00. The molecule has 1 saturated heterocycles. The fraction of sp³-hybridized carbons (Fsp3) is 0.533. The summed E-state index contributed by atoms with van der Waals surface area (Å²) in [7, 11) is -3.99. The molecule has 1 unspecified atom stereocenters. The van der Waals surface area contributed by atoms with Gasteiger partial charge in [0.15, 0.2) is 0 Å². The third kappa shape index (κ3) is 4.63. The first-order chi connectivity index (χ1) is 11.5. The maximum absolute atomic E-state index is 12.5. The lowest BCUT2D eigenvalue weighted by molar-refractivity contribution is -0.304. The number of alkyl halides is 3. The second kappa shape index (κ2) is 7.20. The van der Waals surface area contributed by atoms with Crippen LogP contribution in [0.2, 0.25) is 0 Å². The lowest BCUT2D eigenvalue weighted by Gasteiger charge is -2.33. The molecule has 0 radical (unpaired) electrons. The molecule has 1 aromatic carbocycles. The van der Waals surface area contributed by atoms with E-state index in [0.717, 1.165) is 23.4 Å². The van der Waals surface area contributed by atoms with Crippen LogP contribution < -0.4 is 9.84 Å². The van der Waals surface area contributed by atoms with Gasteiger partial charge in [-0.15, -0.1) is 0 Å². The Labute approximate surface area is 143 Å². The number of carboxylic acid groups (broad SMARTS) is 1. The molecule has 2 rings (SSSR count). The number of sulfonamides is 1. The number of piperidine rings is 1. The number of hydrogen-bond acceptors (Lipinski definition) is 5. The molecule has 1 fully saturated rings. The molecule has 0 aliphatic carbocycles. The van der Waals surface area contributed by atoms with E-state index < -0.39 is 33.0 Å². The van der Waals surface area contributed by atoms with Crippen molar-refractivity contribution in [2.24, 2.45) is 0 Å². The minimum atomic E-state index is -4.42. The summed E-state index contributed by atoms with van der Waals surface area (Å²) in [6, 6.07) is 4.25. The summed E-state index contributed by atoms with van der Waals surface area (Å²) in [6.45, 7) is 1.20. The van der Waals surface area contributed by atoms with E-state index in [1.165, 1.54) is 12.1 Å². The SMILES string of the molecule is CC(C(=O)[O-])S(=O)(=O)N1CCC(Oc2ccc(C(F)(F)F)cc2)CC1. The van der Waals surface area contributed by atoms with Crippen molar-refractivity contribution < 1.29 is 36.2 Å². The number of carboxylic acids is 1. The molecule has 1 heterocycles. The number of nitrogens with zero attached hydrogens (tertiary/aromatic N) is 1.